The molecule has 106 valence electrons. The minimum absolute atomic E-state index is 0.253. The van der Waals surface area contributed by atoms with Crippen LogP contribution in [0.25, 0.3) is 0 Å². The van der Waals surface area contributed by atoms with E-state index in [4.69, 9.17) is 11.6 Å². The predicted octanol–water partition coefficient (Wildman–Crippen LogP) is 4.33. The summed E-state index contributed by atoms with van der Waals surface area (Å²) < 4.78 is 0. The molecule has 3 heteroatoms. The third-order valence-corrected chi connectivity index (χ3v) is 3.87. The van der Waals surface area contributed by atoms with Gasteiger partial charge < -0.3 is 5.32 Å². The summed E-state index contributed by atoms with van der Waals surface area (Å²) in [5.74, 6) is 0. The van der Waals surface area contributed by atoms with Crippen LogP contribution < -0.4 is 5.32 Å². The molecule has 0 radical (unpaired) electrons. The fraction of sp³-hybridized carbons (Fsp3) is 0.353. The summed E-state index contributed by atoms with van der Waals surface area (Å²) in [6.45, 7) is 5.25. The van der Waals surface area contributed by atoms with E-state index in [-0.39, 0.29) is 6.04 Å². The quantitative estimate of drug-likeness (QED) is 0.856. The first-order chi connectivity index (χ1) is 9.72. The molecule has 0 aliphatic heterocycles. The Hall–Kier alpha value is -1.38. The minimum Gasteiger partial charge on any atom is -0.310 e. The third kappa shape index (κ3) is 3.81. The van der Waals surface area contributed by atoms with Crippen molar-refractivity contribution in [2.75, 3.05) is 6.54 Å². The average molecular weight is 289 g/mol. The fourth-order valence-electron chi connectivity index (χ4n) is 2.34. The van der Waals surface area contributed by atoms with E-state index in [1.165, 1.54) is 5.56 Å². The molecule has 0 aliphatic rings. The van der Waals surface area contributed by atoms with Crippen molar-refractivity contribution in [2.45, 2.75) is 32.7 Å². The van der Waals surface area contributed by atoms with E-state index in [2.05, 4.69) is 36.3 Å². The van der Waals surface area contributed by atoms with E-state index in [1.54, 1.807) is 0 Å². The van der Waals surface area contributed by atoms with Crippen LogP contribution in [0.1, 0.15) is 36.2 Å². The zero-order valence-corrected chi connectivity index (χ0v) is 12.8. The van der Waals surface area contributed by atoms with Gasteiger partial charge in [0.05, 0.1) is 0 Å². The molecule has 0 fully saturated rings. The number of nitrogens with zero attached hydrogens (tertiary/aromatic N) is 1. The molecule has 0 spiro atoms. The molecule has 1 aromatic heterocycles. The molecule has 20 heavy (non-hydrogen) atoms. The Balaban J connectivity index is 2.25. The number of hydrogen-bond donors (Lipinski definition) is 1. The zero-order valence-electron chi connectivity index (χ0n) is 12.1. The number of nitrogens with one attached hydrogen (secondary N) is 1. The first-order valence-electron chi connectivity index (χ1n) is 7.10. The molecule has 2 aromatic rings. The lowest BCUT2D eigenvalue weighted by Crippen LogP contribution is -2.25. The summed E-state index contributed by atoms with van der Waals surface area (Å²) in [7, 11) is 0. The van der Waals surface area contributed by atoms with Crippen molar-refractivity contribution in [1.82, 2.24) is 10.3 Å². The number of pyridine rings is 1. The molecule has 1 unspecified atom stereocenters. The Kier molecular flexibility index (Phi) is 5.57. The normalized spacial score (nSPS) is 12.3. The van der Waals surface area contributed by atoms with Gasteiger partial charge in [0.2, 0.25) is 0 Å². The first-order valence-corrected chi connectivity index (χ1v) is 7.48. The van der Waals surface area contributed by atoms with Crippen LogP contribution in [0.3, 0.4) is 0 Å². The second-order valence-electron chi connectivity index (χ2n) is 4.99. The highest BCUT2D eigenvalue weighted by molar-refractivity contribution is 6.31. The molecule has 1 atom stereocenters. The summed E-state index contributed by atoms with van der Waals surface area (Å²) in [4.78, 5) is 4.43. The number of benzene rings is 1. The van der Waals surface area contributed by atoms with E-state index in [9.17, 15) is 0 Å². The number of rotatable bonds is 6. The molecule has 0 saturated carbocycles. The van der Waals surface area contributed by atoms with Crippen molar-refractivity contribution in [3.05, 3.63) is 64.4 Å². The lowest BCUT2D eigenvalue weighted by atomic mass is 9.97. The summed E-state index contributed by atoms with van der Waals surface area (Å²) in [6, 6.07) is 12.4. The summed E-state index contributed by atoms with van der Waals surface area (Å²) in [6.07, 6.45) is 3.83. The van der Waals surface area contributed by atoms with Crippen molar-refractivity contribution in [3.8, 4) is 0 Å². The largest absolute Gasteiger partial charge is 0.310 e. The number of halogens is 1. The van der Waals surface area contributed by atoms with Crippen LogP contribution in [0.5, 0.6) is 0 Å². The van der Waals surface area contributed by atoms with Crippen LogP contribution in [-0.4, -0.2) is 11.5 Å². The van der Waals surface area contributed by atoms with Gasteiger partial charge in [0.15, 0.2) is 0 Å². The molecular weight excluding hydrogens is 268 g/mol. The molecule has 1 N–H and O–H groups in total. The Morgan fingerprint density at radius 3 is 2.75 bits per heavy atom. The second kappa shape index (κ2) is 7.41. The summed E-state index contributed by atoms with van der Waals surface area (Å²) in [5, 5.41) is 4.43. The topological polar surface area (TPSA) is 24.9 Å². The molecule has 0 amide bonds. The standard InChI is InChI=1S/C17H21ClN2/c1-3-10-20-17(12-14-7-4-5-11-19-14)15-8-6-9-16(18)13(15)2/h4-9,11,17,20H,3,10,12H2,1-2H3. The van der Waals surface area contributed by atoms with Gasteiger partial charge in [0.25, 0.3) is 0 Å². The Morgan fingerprint density at radius 2 is 2.05 bits per heavy atom. The number of hydrogen-bond acceptors (Lipinski definition) is 2. The molecule has 0 aliphatic carbocycles. The molecule has 0 bridgehead atoms. The molecule has 1 heterocycles. The molecule has 0 saturated heterocycles. The van der Waals surface area contributed by atoms with Crippen LogP contribution >= 0.6 is 11.6 Å². The maximum absolute atomic E-state index is 6.25. The van der Waals surface area contributed by atoms with Gasteiger partial charge in [-0.25, -0.2) is 0 Å². The highest BCUT2D eigenvalue weighted by Crippen LogP contribution is 2.26. The van der Waals surface area contributed by atoms with Crippen LogP contribution in [0.15, 0.2) is 42.6 Å². The molecule has 2 nitrogen and oxygen atoms in total. The van der Waals surface area contributed by atoms with Crippen LogP contribution in [0.4, 0.5) is 0 Å². The second-order valence-corrected chi connectivity index (χ2v) is 5.39. The van der Waals surface area contributed by atoms with Gasteiger partial charge in [-0.3, -0.25) is 4.98 Å². The van der Waals surface area contributed by atoms with Gasteiger partial charge in [-0.15, -0.1) is 0 Å². The van der Waals surface area contributed by atoms with E-state index in [1.807, 2.05) is 30.5 Å². The van der Waals surface area contributed by atoms with E-state index in [0.717, 1.165) is 35.7 Å². The van der Waals surface area contributed by atoms with Crippen LogP contribution in [0, 0.1) is 6.92 Å². The van der Waals surface area contributed by atoms with Gasteiger partial charge in [-0.1, -0.05) is 36.7 Å². The summed E-state index contributed by atoms with van der Waals surface area (Å²) >= 11 is 6.25. The van der Waals surface area contributed by atoms with Crippen molar-refractivity contribution in [2.24, 2.45) is 0 Å². The Morgan fingerprint density at radius 1 is 1.20 bits per heavy atom. The van der Waals surface area contributed by atoms with Crippen LogP contribution in [-0.2, 0) is 6.42 Å². The Labute approximate surface area is 126 Å². The maximum Gasteiger partial charge on any atom is 0.0438 e. The monoisotopic (exact) mass is 288 g/mol. The smallest absolute Gasteiger partial charge is 0.0438 e. The van der Waals surface area contributed by atoms with Crippen molar-refractivity contribution >= 4 is 11.6 Å². The molecule has 2 rings (SSSR count). The van der Waals surface area contributed by atoms with Gasteiger partial charge in [0, 0.05) is 29.4 Å². The van der Waals surface area contributed by atoms with Crippen molar-refractivity contribution in [1.29, 1.82) is 0 Å². The zero-order chi connectivity index (χ0) is 14.4. The fourth-order valence-corrected chi connectivity index (χ4v) is 2.52. The number of aromatic nitrogens is 1. The SMILES string of the molecule is CCCNC(Cc1ccccn1)c1cccc(Cl)c1C. The van der Waals surface area contributed by atoms with Gasteiger partial charge >= 0.3 is 0 Å². The minimum atomic E-state index is 0.253. The van der Waals surface area contributed by atoms with Gasteiger partial charge in [-0.2, -0.15) is 0 Å². The van der Waals surface area contributed by atoms with Crippen LogP contribution in [0.2, 0.25) is 5.02 Å². The van der Waals surface area contributed by atoms with E-state index in [0.29, 0.717) is 0 Å². The third-order valence-electron chi connectivity index (χ3n) is 3.47. The van der Waals surface area contributed by atoms with Crippen molar-refractivity contribution < 1.29 is 0 Å². The average Bonchev–Trinajstić information content (AvgIpc) is 2.48. The lowest BCUT2D eigenvalue weighted by molar-refractivity contribution is 0.522. The summed E-state index contributed by atoms with van der Waals surface area (Å²) in [5.41, 5.74) is 3.51. The lowest BCUT2D eigenvalue weighted by Gasteiger charge is -2.21. The highest BCUT2D eigenvalue weighted by Gasteiger charge is 2.15. The molecular formula is C17H21ClN2. The van der Waals surface area contributed by atoms with Gasteiger partial charge in [0.1, 0.15) is 0 Å². The van der Waals surface area contributed by atoms with Gasteiger partial charge in [-0.05, 0) is 49.2 Å². The highest BCUT2D eigenvalue weighted by atomic mass is 35.5. The Bertz CT molecular complexity index is 540. The first kappa shape index (κ1) is 15.0. The molecule has 1 aromatic carbocycles. The van der Waals surface area contributed by atoms with Crippen molar-refractivity contribution in [3.63, 3.8) is 0 Å². The van der Waals surface area contributed by atoms with E-state index >= 15 is 0 Å². The van der Waals surface area contributed by atoms with E-state index < -0.39 is 0 Å². The predicted molar refractivity (Wildman–Crippen MR) is 85.2 cm³/mol. The maximum atomic E-state index is 6.25.